The van der Waals surface area contributed by atoms with Crippen LogP contribution >= 0.6 is 0 Å². The fourth-order valence-electron chi connectivity index (χ4n) is 4.26. The normalized spacial score (nSPS) is 38.2. The summed E-state index contributed by atoms with van der Waals surface area (Å²) in [5.41, 5.74) is -0.679. The van der Waals surface area contributed by atoms with Crippen LogP contribution in [-0.4, -0.2) is 49.4 Å². The molecule has 3 fully saturated rings. The van der Waals surface area contributed by atoms with Gasteiger partial charge in [0.1, 0.15) is 0 Å². The van der Waals surface area contributed by atoms with Crippen LogP contribution in [0.1, 0.15) is 46.0 Å². The Labute approximate surface area is 126 Å². The Hall–Kier alpha value is -0.230. The van der Waals surface area contributed by atoms with Gasteiger partial charge in [0, 0.05) is 24.4 Å². The number of rotatable bonds is 3. The smallest absolute Gasteiger partial charge is 0.254 e. The minimum absolute atomic E-state index is 0.0563. The van der Waals surface area contributed by atoms with Gasteiger partial charge in [-0.15, -0.1) is 0 Å². The highest BCUT2D eigenvalue weighted by Crippen LogP contribution is 2.67. The Morgan fingerprint density at radius 2 is 1.71 bits per heavy atom. The van der Waals surface area contributed by atoms with E-state index in [1.54, 1.807) is 13.8 Å². The lowest BCUT2D eigenvalue weighted by Crippen LogP contribution is -2.66. The second-order valence-electron chi connectivity index (χ2n) is 7.95. The second-order valence-corrected chi connectivity index (χ2v) is 10.6. The molecule has 1 unspecified atom stereocenters. The minimum Gasteiger partial charge on any atom is -0.301 e. The number of nitrogens with zero attached hydrogens (tertiary/aromatic N) is 1. The molecule has 1 spiro atoms. The molecule has 21 heavy (non-hydrogen) atoms. The summed E-state index contributed by atoms with van der Waals surface area (Å²) in [4.78, 5) is 2.13. The highest BCUT2D eigenvalue weighted by molar-refractivity contribution is 7.94. The summed E-state index contributed by atoms with van der Waals surface area (Å²) in [5, 5.41) is 0. The molecule has 2 aliphatic carbocycles. The van der Waals surface area contributed by atoms with Crippen molar-refractivity contribution in [1.82, 2.24) is 4.90 Å². The van der Waals surface area contributed by atoms with Crippen molar-refractivity contribution >= 4 is 9.84 Å². The maximum Gasteiger partial charge on any atom is 0.254 e. The van der Waals surface area contributed by atoms with Crippen LogP contribution in [0, 0.1) is 11.3 Å². The van der Waals surface area contributed by atoms with E-state index < -0.39 is 25.9 Å². The molecule has 0 radical (unpaired) electrons. The van der Waals surface area contributed by atoms with Crippen LogP contribution in [0.2, 0.25) is 0 Å². The number of hydrogen-bond acceptors (Lipinski definition) is 3. The monoisotopic (exact) mass is 321 g/mol. The van der Waals surface area contributed by atoms with Gasteiger partial charge in [0.2, 0.25) is 0 Å². The average Bonchev–Trinajstić information content (AvgIpc) is 2.90. The summed E-state index contributed by atoms with van der Waals surface area (Å²) in [5.74, 6) is -1.77. The molecule has 6 heteroatoms. The van der Waals surface area contributed by atoms with Gasteiger partial charge in [0.05, 0.1) is 10.5 Å². The molecule has 1 heterocycles. The van der Waals surface area contributed by atoms with E-state index in [9.17, 15) is 17.2 Å². The van der Waals surface area contributed by atoms with Crippen LogP contribution in [0.5, 0.6) is 0 Å². The lowest BCUT2D eigenvalue weighted by Gasteiger charge is -2.49. The first-order valence-electron chi connectivity index (χ1n) is 7.81. The van der Waals surface area contributed by atoms with Crippen LogP contribution in [0.25, 0.3) is 0 Å². The van der Waals surface area contributed by atoms with Crippen LogP contribution in [0.15, 0.2) is 0 Å². The summed E-state index contributed by atoms with van der Waals surface area (Å²) >= 11 is 0. The average molecular weight is 321 g/mol. The van der Waals surface area contributed by atoms with Crippen molar-refractivity contribution < 1.29 is 17.2 Å². The fourth-order valence-corrected chi connectivity index (χ4v) is 6.16. The Morgan fingerprint density at radius 3 is 2.10 bits per heavy atom. The molecule has 3 aliphatic rings. The van der Waals surface area contributed by atoms with Crippen molar-refractivity contribution in [1.29, 1.82) is 0 Å². The zero-order chi connectivity index (χ0) is 15.7. The molecule has 1 atom stereocenters. The predicted molar refractivity (Wildman–Crippen MR) is 78.2 cm³/mol. The van der Waals surface area contributed by atoms with Gasteiger partial charge in [-0.2, -0.15) is 0 Å². The van der Waals surface area contributed by atoms with Crippen molar-refractivity contribution in [3.63, 3.8) is 0 Å². The van der Waals surface area contributed by atoms with Gasteiger partial charge in [0.25, 0.3) is 5.92 Å². The first kappa shape index (κ1) is 15.7. The van der Waals surface area contributed by atoms with E-state index in [4.69, 9.17) is 0 Å². The third-order valence-corrected chi connectivity index (χ3v) is 8.96. The zero-order valence-corrected chi connectivity index (χ0v) is 13.8. The summed E-state index contributed by atoms with van der Waals surface area (Å²) in [6.07, 6.45) is 3.03. The zero-order valence-electron chi connectivity index (χ0n) is 13.0. The molecular formula is C15H25F2NO2S. The van der Waals surface area contributed by atoms with Gasteiger partial charge in [-0.3, -0.25) is 0 Å². The van der Waals surface area contributed by atoms with Gasteiger partial charge in [-0.1, -0.05) is 0 Å². The van der Waals surface area contributed by atoms with Crippen LogP contribution < -0.4 is 0 Å². The molecule has 3 nitrogen and oxygen atoms in total. The van der Waals surface area contributed by atoms with Crippen LogP contribution in [-0.2, 0) is 9.84 Å². The Morgan fingerprint density at radius 1 is 1.19 bits per heavy atom. The summed E-state index contributed by atoms with van der Waals surface area (Å²) in [6.45, 7) is 4.40. The molecule has 0 bridgehead atoms. The number of alkyl halides is 2. The Balaban J connectivity index is 1.53. The van der Waals surface area contributed by atoms with E-state index in [1.165, 1.54) is 0 Å². The molecule has 0 aromatic heterocycles. The highest BCUT2D eigenvalue weighted by atomic mass is 32.2. The summed E-state index contributed by atoms with van der Waals surface area (Å²) < 4.78 is 49.7. The lowest BCUT2D eigenvalue weighted by molar-refractivity contribution is 0.0354. The standard InChI is InChI=1S/C15H25F2NO2S/c1-13(2)12(9-21(13,19)20)18(3)8-11-4-6-14(7-5-11)10-15(14,16)17/h11-12H,4-10H2,1-3H3. The van der Waals surface area contributed by atoms with Crippen molar-refractivity contribution in [3.05, 3.63) is 0 Å². The third kappa shape index (κ3) is 2.24. The molecule has 1 aliphatic heterocycles. The van der Waals surface area contributed by atoms with Crippen LogP contribution in [0.4, 0.5) is 8.78 Å². The van der Waals surface area contributed by atoms with E-state index in [2.05, 4.69) is 4.90 Å². The topological polar surface area (TPSA) is 37.4 Å². The minimum atomic E-state index is -2.96. The van der Waals surface area contributed by atoms with E-state index in [-0.39, 0.29) is 18.2 Å². The summed E-state index contributed by atoms with van der Waals surface area (Å²) in [6, 6.07) is 0.0563. The quantitative estimate of drug-likeness (QED) is 0.802. The summed E-state index contributed by atoms with van der Waals surface area (Å²) in [7, 11) is -0.990. The Kier molecular flexibility index (Phi) is 3.28. The van der Waals surface area contributed by atoms with E-state index in [0.29, 0.717) is 18.8 Å². The molecule has 0 amide bonds. The SMILES string of the molecule is CN(CC1CCC2(CC1)CC2(F)F)C1CS(=O)(=O)C1(C)C. The largest absolute Gasteiger partial charge is 0.301 e. The fraction of sp³-hybridized carbons (Fsp3) is 1.00. The predicted octanol–water partition coefficient (Wildman–Crippen LogP) is 2.71. The molecule has 3 rings (SSSR count). The number of halogens is 2. The maximum atomic E-state index is 13.4. The van der Waals surface area contributed by atoms with Gasteiger partial charge >= 0.3 is 0 Å². The highest BCUT2D eigenvalue weighted by Gasteiger charge is 2.70. The molecule has 1 saturated heterocycles. The van der Waals surface area contributed by atoms with Crippen molar-refractivity contribution in [2.24, 2.45) is 11.3 Å². The van der Waals surface area contributed by atoms with Crippen molar-refractivity contribution in [3.8, 4) is 0 Å². The van der Waals surface area contributed by atoms with Crippen molar-refractivity contribution in [2.75, 3.05) is 19.3 Å². The number of hydrogen-bond donors (Lipinski definition) is 0. The molecule has 0 N–H and O–H groups in total. The first-order valence-corrected chi connectivity index (χ1v) is 9.46. The van der Waals surface area contributed by atoms with E-state index in [0.717, 1.165) is 19.4 Å². The second kappa shape index (κ2) is 4.40. The molecule has 0 aromatic carbocycles. The van der Waals surface area contributed by atoms with Crippen molar-refractivity contribution in [2.45, 2.75) is 62.7 Å². The number of sulfone groups is 1. The molecule has 122 valence electrons. The van der Waals surface area contributed by atoms with Gasteiger partial charge in [0.15, 0.2) is 9.84 Å². The molecule has 0 aromatic rings. The van der Waals surface area contributed by atoms with Gasteiger partial charge < -0.3 is 4.90 Å². The van der Waals surface area contributed by atoms with Gasteiger partial charge in [-0.25, -0.2) is 17.2 Å². The molecular weight excluding hydrogens is 296 g/mol. The maximum absolute atomic E-state index is 13.4. The van der Waals surface area contributed by atoms with Gasteiger partial charge in [-0.05, 0) is 52.5 Å². The first-order chi connectivity index (χ1) is 9.51. The van der Waals surface area contributed by atoms with Crippen LogP contribution in [0.3, 0.4) is 0 Å². The Bertz CT molecular complexity index is 536. The van der Waals surface area contributed by atoms with E-state index in [1.807, 2.05) is 7.05 Å². The molecule has 2 saturated carbocycles. The third-order valence-electron chi connectivity index (χ3n) is 6.33. The van der Waals surface area contributed by atoms with E-state index >= 15 is 0 Å². The lowest BCUT2D eigenvalue weighted by atomic mass is 9.79.